The van der Waals surface area contributed by atoms with Gasteiger partial charge in [0.1, 0.15) is 0 Å². The Hall–Kier alpha value is -1.40. The fourth-order valence-electron chi connectivity index (χ4n) is 3.31. The maximum Gasteiger partial charge on any atom is 0.239 e. The number of amides is 1. The zero-order chi connectivity index (χ0) is 14.8. The zero-order valence-corrected chi connectivity index (χ0v) is 12.8. The first kappa shape index (κ1) is 14.5. The molecule has 2 aliphatic rings. The molecule has 0 radical (unpaired) electrons. The van der Waals surface area contributed by atoms with Crippen molar-refractivity contribution in [2.45, 2.75) is 38.3 Å². The van der Waals surface area contributed by atoms with Crippen molar-refractivity contribution in [3.63, 3.8) is 0 Å². The van der Waals surface area contributed by atoms with Crippen molar-refractivity contribution in [1.82, 2.24) is 20.0 Å². The van der Waals surface area contributed by atoms with Gasteiger partial charge < -0.3 is 9.64 Å². The molecule has 1 amide bonds. The molecular formula is C15H24N4O2. The summed E-state index contributed by atoms with van der Waals surface area (Å²) >= 11 is 0. The van der Waals surface area contributed by atoms with Gasteiger partial charge in [0.25, 0.3) is 0 Å². The first-order valence-corrected chi connectivity index (χ1v) is 7.80. The van der Waals surface area contributed by atoms with Crippen LogP contribution in [-0.4, -0.2) is 52.9 Å². The highest BCUT2D eigenvalue weighted by Gasteiger charge is 2.28. The van der Waals surface area contributed by atoms with Gasteiger partial charge in [-0.1, -0.05) is 0 Å². The van der Waals surface area contributed by atoms with E-state index in [1.165, 1.54) is 11.3 Å². The lowest BCUT2D eigenvalue weighted by Crippen LogP contribution is -2.50. The number of morpholine rings is 1. The third-order valence-electron chi connectivity index (χ3n) is 4.52. The van der Waals surface area contributed by atoms with Gasteiger partial charge in [0.05, 0.1) is 25.5 Å². The second-order valence-corrected chi connectivity index (χ2v) is 5.94. The van der Waals surface area contributed by atoms with E-state index in [2.05, 4.69) is 10.4 Å². The lowest BCUT2D eigenvalue weighted by atomic mass is 9.92. The molecule has 116 valence electrons. The van der Waals surface area contributed by atoms with Crippen molar-refractivity contribution in [2.75, 3.05) is 26.3 Å². The Bertz CT molecular complexity index is 508. The molecule has 0 bridgehead atoms. The highest BCUT2D eigenvalue weighted by atomic mass is 16.5. The number of nitrogens with zero attached hydrogens (tertiary/aromatic N) is 3. The Labute approximate surface area is 125 Å². The molecule has 21 heavy (non-hydrogen) atoms. The third kappa shape index (κ3) is 2.96. The fraction of sp³-hybridized carbons (Fsp3) is 0.733. The van der Waals surface area contributed by atoms with E-state index in [1.54, 1.807) is 0 Å². The van der Waals surface area contributed by atoms with E-state index in [0.717, 1.165) is 19.3 Å². The van der Waals surface area contributed by atoms with E-state index in [9.17, 15) is 4.79 Å². The molecule has 2 atom stereocenters. The van der Waals surface area contributed by atoms with E-state index < -0.39 is 0 Å². The van der Waals surface area contributed by atoms with Crippen LogP contribution in [0, 0.1) is 0 Å². The third-order valence-corrected chi connectivity index (χ3v) is 4.52. The number of aryl methyl sites for hydroxylation is 1. The molecule has 1 N–H and O–H groups in total. The number of fused-ring (bicyclic) bond motifs is 1. The molecule has 3 rings (SSSR count). The molecule has 1 aromatic heterocycles. The van der Waals surface area contributed by atoms with Crippen LogP contribution in [0.4, 0.5) is 0 Å². The Balaban J connectivity index is 1.65. The zero-order valence-electron chi connectivity index (χ0n) is 12.8. The highest BCUT2D eigenvalue weighted by Crippen LogP contribution is 2.29. The number of ether oxygens (including phenoxy) is 1. The van der Waals surface area contributed by atoms with Crippen LogP contribution in [0.15, 0.2) is 6.20 Å². The molecule has 0 saturated carbocycles. The van der Waals surface area contributed by atoms with E-state index >= 15 is 0 Å². The number of hydrogen-bond donors (Lipinski definition) is 1. The van der Waals surface area contributed by atoms with Gasteiger partial charge in [0.2, 0.25) is 5.91 Å². The number of carbonyl (C=O) groups is 1. The minimum absolute atomic E-state index is 0.167. The second kappa shape index (κ2) is 6.15. The van der Waals surface area contributed by atoms with Crippen LogP contribution < -0.4 is 5.32 Å². The van der Waals surface area contributed by atoms with Crippen LogP contribution in [0.5, 0.6) is 0 Å². The Morgan fingerprint density at radius 2 is 2.24 bits per heavy atom. The largest absolute Gasteiger partial charge is 0.378 e. The van der Waals surface area contributed by atoms with Crippen molar-refractivity contribution in [3.05, 3.63) is 17.5 Å². The van der Waals surface area contributed by atoms with Crippen LogP contribution in [0.1, 0.15) is 37.1 Å². The van der Waals surface area contributed by atoms with Crippen molar-refractivity contribution in [3.8, 4) is 0 Å². The van der Waals surface area contributed by atoms with Gasteiger partial charge in [-0.2, -0.15) is 5.10 Å². The van der Waals surface area contributed by atoms with Crippen LogP contribution in [0.2, 0.25) is 0 Å². The average Bonchev–Trinajstić information content (AvgIpc) is 2.90. The molecule has 0 aromatic carbocycles. The van der Waals surface area contributed by atoms with Crippen LogP contribution >= 0.6 is 0 Å². The molecule has 1 aliphatic heterocycles. The van der Waals surface area contributed by atoms with Crippen molar-refractivity contribution in [1.29, 1.82) is 0 Å². The number of aromatic nitrogens is 2. The van der Waals surface area contributed by atoms with E-state index in [-0.39, 0.29) is 18.0 Å². The Kier molecular flexibility index (Phi) is 4.26. The molecular weight excluding hydrogens is 268 g/mol. The number of nitrogens with one attached hydrogen (secondary N) is 1. The summed E-state index contributed by atoms with van der Waals surface area (Å²) in [6.45, 7) is 4.66. The predicted octanol–water partition coefficient (Wildman–Crippen LogP) is 0.634. The van der Waals surface area contributed by atoms with Gasteiger partial charge in [0.15, 0.2) is 0 Å². The Morgan fingerprint density at radius 1 is 1.48 bits per heavy atom. The molecule has 6 heteroatoms. The predicted molar refractivity (Wildman–Crippen MR) is 78.9 cm³/mol. The van der Waals surface area contributed by atoms with Crippen molar-refractivity contribution >= 4 is 5.91 Å². The van der Waals surface area contributed by atoms with Gasteiger partial charge in [-0.25, -0.2) is 0 Å². The molecule has 2 heterocycles. The molecule has 1 aliphatic carbocycles. The summed E-state index contributed by atoms with van der Waals surface area (Å²) in [5.74, 6) is 0.175. The minimum Gasteiger partial charge on any atom is -0.378 e. The molecule has 1 aromatic rings. The van der Waals surface area contributed by atoms with E-state index in [0.29, 0.717) is 26.3 Å². The van der Waals surface area contributed by atoms with Crippen molar-refractivity contribution in [2.24, 2.45) is 7.05 Å². The molecule has 1 fully saturated rings. The lowest BCUT2D eigenvalue weighted by Gasteiger charge is -2.32. The number of hydrogen-bond acceptors (Lipinski definition) is 4. The average molecular weight is 292 g/mol. The van der Waals surface area contributed by atoms with E-state index in [4.69, 9.17) is 4.74 Å². The summed E-state index contributed by atoms with van der Waals surface area (Å²) < 4.78 is 7.26. The highest BCUT2D eigenvalue weighted by molar-refractivity contribution is 5.81. The molecule has 2 unspecified atom stereocenters. The second-order valence-electron chi connectivity index (χ2n) is 5.94. The lowest BCUT2D eigenvalue weighted by molar-refractivity contribution is -0.137. The normalized spacial score (nSPS) is 23.7. The van der Waals surface area contributed by atoms with Gasteiger partial charge in [-0.15, -0.1) is 0 Å². The smallest absolute Gasteiger partial charge is 0.239 e. The molecule has 6 nitrogen and oxygen atoms in total. The monoisotopic (exact) mass is 292 g/mol. The quantitative estimate of drug-likeness (QED) is 0.888. The summed E-state index contributed by atoms with van der Waals surface area (Å²) in [6.07, 6.45) is 5.23. The fourth-order valence-corrected chi connectivity index (χ4v) is 3.31. The summed E-state index contributed by atoms with van der Waals surface area (Å²) in [7, 11) is 1.99. The minimum atomic E-state index is -0.167. The van der Waals surface area contributed by atoms with Crippen LogP contribution in [0.3, 0.4) is 0 Å². The number of rotatable bonds is 3. The van der Waals surface area contributed by atoms with Gasteiger partial charge in [-0.05, 0) is 26.2 Å². The van der Waals surface area contributed by atoms with Crippen LogP contribution in [-0.2, 0) is 23.0 Å². The van der Waals surface area contributed by atoms with Gasteiger partial charge in [0, 0.05) is 37.4 Å². The standard InChI is InChI=1S/C15H24N4O2/c1-11(15(20)19-6-8-21-9-7-19)17-13-4-3-5-14-12(13)10-16-18(14)2/h10-11,13,17H,3-9H2,1-2H3. The summed E-state index contributed by atoms with van der Waals surface area (Å²) in [5, 5.41) is 7.86. The summed E-state index contributed by atoms with van der Waals surface area (Å²) in [5.41, 5.74) is 2.55. The topological polar surface area (TPSA) is 59.4 Å². The maximum atomic E-state index is 12.5. The SMILES string of the molecule is CC(NC1CCCc2c1cnn2C)C(=O)N1CCOCC1. The van der Waals surface area contributed by atoms with Crippen molar-refractivity contribution < 1.29 is 9.53 Å². The molecule has 0 spiro atoms. The van der Waals surface area contributed by atoms with Gasteiger partial charge >= 0.3 is 0 Å². The number of carbonyl (C=O) groups excluding carboxylic acids is 1. The summed E-state index contributed by atoms with van der Waals surface area (Å²) in [4.78, 5) is 14.4. The van der Waals surface area contributed by atoms with Gasteiger partial charge in [-0.3, -0.25) is 14.8 Å². The van der Waals surface area contributed by atoms with Crippen LogP contribution in [0.25, 0.3) is 0 Å². The summed E-state index contributed by atoms with van der Waals surface area (Å²) in [6, 6.07) is 0.0710. The Morgan fingerprint density at radius 3 is 3.00 bits per heavy atom. The molecule has 1 saturated heterocycles. The first-order chi connectivity index (χ1) is 10.2. The maximum absolute atomic E-state index is 12.5. The van der Waals surface area contributed by atoms with E-state index in [1.807, 2.05) is 29.7 Å². The first-order valence-electron chi connectivity index (χ1n) is 7.80.